The maximum absolute atomic E-state index is 11.3. The molecule has 0 saturated carbocycles. The van der Waals surface area contributed by atoms with Crippen molar-refractivity contribution >= 4 is 23.3 Å². The van der Waals surface area contributed by atoms with Crippen molar-refractivity contribution in [3.63, 3.8) is 0 Å². The van der Waals surface area contributed by atoms with Crippen LogP contribution in [0.5, 0.6) is 0 Å². The summed E-state index contributed by atoms with van der Waals surface area (Å²) >= 11 is 1.50. The molecule has 0 aliphatic rings. The maximum atomic E-state index is 11.3. The number of carbonyl (C=O) groups excluding carboxylic acids is 1. The molecule has 0 aliphatic carbocycles. The normalized spacial score (nSPS) is 10.1. The molecule has 1 aromatic carbocycles. The van der Waals surface area contributed by atoms with Gasteiger partial charge in [-0.1, -0.05) is 18.2 Å². The van der Waals surface area contributed by atoms with Gasteiger partial charge in [-0.25, -0.2) is 10.3 Å². The van der Waals surface area contributed by atoms with Crippen LogP contribution in [0.25, 0.3) is 0 Å². The Morgan fingerprint density at radius 1 is 1.14 bits per heavy atom. The minimum atomic E-state index is -0.999. The van der Waals surface area contributed by atoms with E-state index in [9.17, 15) is 14.7 Å². The van der Waals surface area contributed by atoms with Crippen LogP contribution in [0.2, 0.25) is 0 Å². The molecule has 2 rings (SSSR count). The standard InChI is InChI=1S/C14H14N2O4S/c17-13(15-20)11-5-3-10(4-6-11)8-16(14(18)19)9-12-2-1-7-21-12/h1-7,20H,8-9H2,(H,15,17)(H,18,19). The second kappa shape index (κ2) is 6.87. The summed E-state index contributed by atoms with van der Waals surface area (Å²) in [5.74, 6) is -0.602. The van der Waals surface area contributed by atoms with Crippen LogP contribution in [0.4, 0.5) is 4.79 Å². The summed E-state index contributed by atoms with van der Waals surface area (Å²) in [7, 11) is 0. The Hall–Kier alpha value is -2.38. The molecule has 2 aromatic rings. The van der Waals surface area contributed by atoms with Gasteiger partial charge in [0.05, 0.1) is 6.54 Å². The van der Waals surface area contributed by atoms with Crippen LogP contribution in [-0.2, 0) is 13.1 Å². The van der Waals surface area contributed by atoms with E-state index in [4.69, 9.17) is 5.21 Å². The van der Waals surface area contributed by atoms with Gasteiger partial charge in [0.1, 0.15) is 0 Å². The van der Waals surface area contributed by atoms with Crippen molar-refractivity contribution in [3.8, 4) is 0 Å². The van der Waals surface area contributed by atoms with Crippen LogP contribution < -0.4 is 5.48 Å². The number of hydrogen-bond acceptors (Lipinski definition) is 4. The number of carbonyl (C=O) groups is 2. The van der Waals surface area contributed by atoms with Crippen LogP contribution in [0.15, 0.2) is 41.8 Å². The van der Waals surface area contributed by atoms with Crippen molar-refractivity contribution in [1.82, 2.24) is 10.4 Å². The van der Waals surface area contributed by atoms with Gasteiger partial charge in [0, 0.05) is 17.0 Å². The Morgan fingerprint density at radius 3 is 2.38 bits per heavy atom. The van der Waals surface area contributed by atoms with Crippen LogP contribution in [0.3, 0.4) is 0 Å². The molecule has 0 spiro atoms. The van der Waals surface area contributed by atoms with Crippen molar-refractivity contribution in [3.05, 3.63) is 57.8 Å². The summed E-state index contributed by atoms with van der Waals surface area (Å²) in [5.41, 5.74) is 2.62. The molecular weight excluding hydrogens is 292 g/mol. The van der Waals surface area contributed by atoms with E-state index in [1.807, 2.05) is 17.5 Å². The molecule has 6 nitrogen and oxygen atoms in total. The molecule has 0 unspecified atom stereocenters. The Balaban J connectivity index is 2.06. The molecule has 21 heavy (non-hydrogen) atoms. The number of nitrogens with zero attached hydrogens (tertiary/aromatic N) is 1. The highest BCUT2D eigenvalue weighted by Crippen LogP contribution is 2.15. The van der Waals surface area contributed by atoms with E-state index < -0.39 is 12.0 Å². The van der Waals surface area contributed by atoms with E-state index in [0.29, 0.717) is 12.1 Å². The minimum Gasteiger partial charge on any atom is -0.465 e. The third kappa shape index (κ3) is 4.04. The molecule has 0 aliphatic heterocycles. The molecule has 0 saturated heterocycles. The average Bonchev–Trinajstić information content (AvgIpc) is 2.99. The van der Waals surface area contributed by atoms with Gasteiger partial charge in [0.15, 0.2) is 0 Å². The van der Waals surface area contributed by atoms with E-state index in [0.717, 1.165) is 10.4 Å². The zero-order chi connectivity index (χ0) is 15.2. The lowest BCUT2D eigenvalue weighted by Crippen LogP contribution is -2.28. The number of amides is 2. The monoisotopic (exact) mass is 306 g/mol. The molecule has 1 heterocycles. The molecular formula is C14H14N2O4S. The van der Waals surface area contributed by atoms with Gasteiger partial charge in [-0.15, -0.1) is 11.3 Å². The summed E-state index contributed by atoms with van der Waals surface area (Å²) in [4.78, 5) is 24.8. The lowest BCUT2D eigenvalue weighted by Gasteiger charge is -2.18. The molecule has 3 N–H and O–H groups in total. The van der Waals surface area contributed by atoms with Crippen molar-refractivity contribution in [1.29, 1.82) is 0 Å². The van der Waals surface area contributed by atoms with Gasteiger partial charge < -0.3 is 5.11 Å². The number of nitrogens with one attached hydrogen (secondary N) is 1. The van der Waals surface area contributed by atoms with Gasteiger partial charge in [-0.2, -0.15) is 0 Å². The zero-order valence-electron chi connectivity index (χ0n) is 11.0. The summed E-state index contributed by atoms with van der Waals surface area (Å²) in [5, 5.41) is 19.7. The Labute approximate surface area is 125 Å². The summed E-state index contributed by atoms with van der Waals surface area (Å²) in [6, 6.07) is 10.2. The highest BCUT2D eigenvalue weighted by molar-refractivity contribution is 7.09. The Bertz CT molecular complexity index is 610. The molecule has 2 amide bonds. The molecule has 0 fully saturated rings. The van der Waals surface area contributed by atoms with Crippen LogP contribution >= 0.6 is 11.3 Å². The predicted octanol–water partition coefficient (Wildman–Crippen LogP) is 2.55. The number of carboxylic acid groups (broad SMARTS) is 1. The van der Waals surface area contributed by atoms with Gasteiger partial charge in [-0.3, -0.25) is 14.9 Å². The van der Waals surface area contributed by atoms with E-state index in [1.165, 1.54) is 28.4 Å². The first kappa shape index (κ1) is 15.0. The lowest BCUT2D eigenvalue weighted by atomic mass is 10.1. The molecule has 1 aromatic heterocycles. The third-order valence-corrected chi connectivity index (χ3v) is 3.75. The van der Waals surface area contributed by atoms with E-state index >= 15 is 0 Å². The highest BCUT2D eigenvalue weighted by Gasteiger charge is 2.14. The van der Waals surface area contributed by atoms with Gasteiger partial charge in [0.25, 0.3) is 5.91 Å². The minimum absolute atomic E-state index is 0.230. The first-order valence-corrected chi connectivity index (χ1v) is 7.01. The quantitative estimate of drug-likeness (QED) is 0.585. The summed E-state index contributed by atoms with van der Waals surface area (Å²) in [6.07, 6.45) is -0.999. The second-order valence-electron chi connectivity index (χ2n) is 4.36. The van der Waals surface area contributed by atoms with Crippen molar-refractivity contribution in [2.75, 3.05) is 0 Å². The van der Waals surface area contributed by atoms with E-state index in [-0.39, 0.29) is 6.54 Å². The number of hydroxylamine groups is 1. The molecule has 7 heteroatoms. The van der Waals surface area contributed by atoms with Gasteiger partial charge >= 0.3 is 6.09 Å². The smallest absolute Gasteiger partial charge is 0.407 e. The Kier molecular flexibility index (Phi) is 4.91. The Morgan fingerprint density at radius 2 is 1.86 bits per heavy atom. The van der Waals surface area contributed by atoms with E-state index in [2.05, 4.69) is 0 Å². The second-order valence-corrected chi connectivity index (χ2v) is 5.39. The SMILES string of the molecule is O=C(NO)c1ccc(CN(Cc2cccs2)C(=O)O)cc1. The number of thiophene rings is 1. The predicted molar refractivity (Wildman–Crippen MR) is 77.3 cm³/mol. The van der Waals surface area contributed by atoms with Crippen molar-refractivity contribution < 1.29 is 19.9 Å². The topological polar surface area (TPSA) is 89.9 Å². The van der Waals surface area contributed by atoms with Crippen molar-refractivity contribution in [2.45, 2.75) is 13.1 Å². The van der Waals surface area contributed by atoms with Gasteiger partial charge in [0.2, 0.25) is 0 Å². The highest BCUT2D eigenvalue weighted by atomic mass is 32.1. The average molecular weight is 306 g/mol. The molecule has 0 bridgehead atoms. The van der Waals surface area contributed by atoms with Gasteiger partial charge in [-0.05, 0) is 29.1 Å². The zero-order valence-corrected chi connectivity index (χ0v) is 11.8. The molecule has 0 radical (unpaired) electrons. The third-order valence-electron chi connectivity index (χ3n) is 2.89. The fourth-order valence-corrected chi connectivity index (χ4v) is 2.55. The molecule has 0 atom stereocenters. The van der Waals surface area contributed by atoms with Crippen molar-refractivity contribution in [2.24, 2.45) is 0 Å². The number of rotatable bonds is 5. The largest absolute Gasteiger partial charge is 0.465 e. The fourth-order valence-electron chi connectivity index (χ4n) is 1.83. The van der Waals surface area contributed by atoms with E-state index in [1.54, 1.807) is 17.6 Å². The van der Waals surface area contributed by atoms with Crippen LogP contribution in [0, 0.1) is 0 Å². The first-order chi connectivity index (χ1) is 10.1. The lowest BCUT2D eigenvalue weighted by molar-refractivity contribution is 0.0706. The summed E-state index contributed by atoms with van der Waals surface area (Å²) in [6.45, 7) is 0.556. The van der Waals surface area contributed by atoms with Crippen LogP contribution in [-0.4, -0.2) is 27.2 Å². The van der Waals surface area contributed by atoms with Crippen LogP contribution in [0.1, 0.15) is 20.8 Å². The number of hydrogen-bond donors (Lipinski definition) is 3. The number of benzene rings is 1. The molecule has 110 valence electrons. The first-order valence-electron chi connectivity index (χ1n) is 6.14. The maximum Gasteiger partial charge on any atom is 0.407 e. The summed E-state index contributed by atoms with van der Waals surface area (Å²) < 4.78 is 0. The fraction of sp³-hybridized carbons (Fsp3) is 0.143.